The summed E-state index contributed by atoms with van der Waals surface area (Å²) in [6.45, 7) is 4.64. The standard InChI is InChI=1S/C43H29N3/c1-43(2)36-18-10-9-17-33(36)40-39(43)42(45-41(44-40)32-20-19-26-11-3-4-12-27(26)21-32)46-37-24-30-15-7-5-13-28(30)22-34(37)35-23-29-14-6-8-16-31(29)25-38(35)46/h3-25H,1-2H3. The fraction of sp³-hybridized carbons (Fsp3) is 0.0698. The molecule has 10 rings (SSSR count). The van der Waals surface area contributed by atoms with Gasteiger partial charge in [0.25, 0.3) is 0 Å². The van der Waals surface area contributed by atoms with Crippen molar-refractivity contribution in [2.45, 2.75) is 19.3 Å². The van der Waals surface area contributed by atoms with Crippen LogP contribution in [0.2, 0.25) is 0 Å². The lowest BCUT2D eigenvalue weighted by molar-refractivity contribution is 0.650. The number of hydrogen-bond acceptors (Lipinski definition) is 2. The Kier molecular flexibility index (Phi) is 5.06. The van der Waals surface area contributed by atoms with E-state index in [1.807, 2.05) is 0 Å². The first kappa shape index (κ1) is 25.5. The van der Waals surface area contributed by atoms with Gasteiger partial charge in [-0.3, -0.25) is 4.57 Å². The number of rotatable bonds is 2. The second kappa shape index (κ2) is 9.12. The molecule has 0 bridgehead atoms. The molecule has 3 heteroatoms. The maximum absolute atomic E-state index is 5.55. The lowest BCUT2D eigenvalue weighted by atomic mass is 9.82. The van der Waals surface area contributed by atoms with E-state index in [-0.39, 0.29) is 5.41 Å². The van der Waals surface area contributed by atoms with E-state index in [1.54, 1.807) is 0 Å². The second-order valence-electron chi connectivity index (χ2n) is 13.1. The summed E-state index contributed by atoms with van der Waals surface area (Å²) in [6, 6.07) is 50.5. The Bertz CT molecular complexity index is 2640. The summed E-state index contributed by atoms with van der Waals surface area (Å²) in [4.78, 5) is 10.9. The molecule has 1 aliphatic rings. The molecule has 0 amide bonds. The third-order valence-electron chi connectivity index (χ3n) is 10.1. The molecule has 3 nitrogen and oxygen atoms in total. The molecule has 216 valence electrons. The molecule has 0 atom stereocenters. The van der Waals surface area contributed by atoms with Gasteiger partial charge in [-0.05, 0) is 68.2 Å². The van der Waals surface area contributed by atoms with Crippen LogP contribution in [0.4, 0.5) is 0 Å². The molecule has 0 radical (unpaired) electrons. The topological polar surface area (TPSA) is 30.7 Å². The molecule has 0 N–H and O–H groups in total. The highest BCUT2D eigenvalue weighted by atomic mass is 15.1. The summed E-state index contributed by atoms with van der Waals surface area (Å²) in [6.07, 6.45) is 0. The maximum Gasteiger partial charge on any atom is 0.162 e. The van der Waals surface area contributed by atoms with Crippen molar-refractivity contribution in [3.63, 3.8) is 0 Å². The van der Waals surface area contributed by atoms with E-state index in [9.17, 15) is 0 Å². The van der Waals surface area contributed by atoms with Gasteiger partial charge in [0.15, 0.2) is 5.82 Å². The Balaban J connectivity index is 1.38. The van der Waals surface area contributed by atoms with Crippen LogP contribution in [0.1, 0.15) is 25.0 Å². The molecule has 0 unspecified atom stereocenters. The summed E-state index contributed by atoms with van der Waals surface area (Å²) in [5, 5.41) is 9.75. The molecular weight excluding hydrogens is 558 g/mol. The molecule has 0 saturated carbocycles. The summed E-state index contributed by atoms with van der Waals surface area (Å²) >= 11 is 0. The van der Waals surface area contributed by atoms with Crippen LogP contribution >= 0.6 is 0 Å². The van der Waals surface area contributed by atoms with Crippen LogP contribution in [0.3, 0.4) is 0 Å². The summed E-state index contributed by atoms with van der Waals surface area (Å²) in [7, 11) is 0. The van der Waals surface area contributed by atoms with Crippen molar-refractivity contribution in [3.05, 3.63) is 151 Å². The van der Waals surface area contributed by atoms with Crippen LogP contribution in [0.15, 0.2) is 140 Å². The number of hydrogen-bond donors (Lipinski definition) is 0. The molecular formula is C43H29N3. The zero-order valence-corrected chi connectivity index (χ0v) is 25.6. The first-order valence-electron chi connectivity index (χ1n) is 15.9. The normalized spacial score (nSPS) is 13.6. The SMILES string of the molecule is CC1(C)c2ccccc2-c2nc(-c3ccc4ccccc4c3)nc(-n3c4cc5ccccc5cc4c4cc5ccccc5cc43)c21. The third kappa shape index (κ3) is 3.48. The van der Waals surface area contributed by atoms with Gasteiger partial charge in [0, 0.05) is 32.9 Å². The van der Waals surface area contributed by atoms with Gasteiger partial charge in [0.1, 0.15) is 5.82 Å². The van der Waals surface area contributed by atoms with E-state index in [0.717, 1.165) is 33.9 Å². The highest BCUT2D eigenvalue weighted by Crippen LogP contribution is 2.51. The highest BCUT2D eigenvalue weighted by molar-refractivity contribution is 6.16. The summed E-state index contributed by atoms with van der Waals surface area (Å²) < 4.78 is 2.42. The van der Waals surface area contributed by atoms with Gasteiger partial charge in [-0.25, -0.2) is 9.97 Å². The van der Waals surface area contributed by atoms with E-state index >= 15 is 0 Å². The molecule has 1 aliphatic carbocycles. The largest absolute Gasteiger partial charge is 0.293 e. The van der Waals surface area contributed by atoms with Crippen LogP contribution in [0, 0.1) is 0 Å². The Morgan fingerprint density at radius 2 is 1.02 bits per heavy atom. The predicted molar refractivity (Wildman–Crippen MR) is 192 cm³/mol. The van der Waals surface area contributed by atoms with Gasteiger partial charge in [0.05, 0.1) is 16.7 Å². The molecule has 0 fully saturated rings. The van der Waals surface area contributed by atoms with Crippen molar-refractivity contribution in [3.8, 4) is 28.5 Å². The summed E-state index contributed by atoms with van der Waals surface area (Å²) in [5.74, 6) is 1.68. The number of nitrogens with zero attached hydrogens (tertiary/aromatic N) is 3. The lowest BCUT2D eigenvalue weighted by Gasteiger charge is -2.24. The first-order chi connectivity index (χ1) is 22.5. The molecule has 7 aromatic carbocycles. The summed E-state index contributed by atoms with van der Waals surface area (Å²) in [5.41, 5.74) is 7.69. The quantitative estimate of drug-likeness (QED) is 0.201. The van der Waals surface area contributed by atoms with E-state index in [0.29, 0.717) is 0 Å². The number of aromatic nitrogens is 3. The smallest absolute Gasteiger partial charge is 0.162 e. The van der Waals surface area contributed by atoms with Crippen molar-refractivity contribution in [1.82, 2.24) is 14.5 Å². The molecule has 9 aromatic rings. The van der Waals surface area contributed by atoms with Crippen LogP contribution < -0.4 is 0 Å². The zero-order valence-electron chi connectivity index (χ0n) is 25.6. The molecule has 0 saturated heterocycles. The van der Waals surface area contributed by atoms with E-state index in [2.05, 4.69) is 158 Å². The van der Waals surface area contributed by atoms with E-state index in [1.165, 1.54) is 59.8 Å². The minimum Gasteiger partial charge on any atom is -0.293 e. The second-order valence-corrected chi connectivity index (χ2v) is 13.1. The van der Waals surface area contributed by atoms with Crippen LogP contribution in [0.25, 0.3) is 82.6 Å². The van der Waals surface area contributed by atoms with Crippen molar-refractivity contribution in [1.29, 1.82) is 0 Å². The average Bonchev–Trinajstić information content (AvgIpc) is 3.52. The van der Waals surface area contributed by atoms with Gasteiger partial charge in [-0.2, -0.15) is 0 Å². The van der Waals surface area contributed by atoms with Crippen LogP contribution in [-0.2, 0) is 5.41 Å². The Hall–Kier alpha value is -5.80. The highest BCUT2D eigenvalue weighted by Gasteiger charge is 2.40. The van der Waals surface area contributed by atoms with Gasteiger partial charge >= 0.3 is 0 Å². The fourth-order valence-electron chi connectivity index (χ4n) is 7.82. The van der Waals surface area contributed by atoms with Crippen molar-refractivity contribution < 1.29 is 0 Å². The Morgan fingerprint density at radius 1 is 0.500 bits per heavy atom. The molecule has 2 aromatic heterocycles. The van der Waals surface area contributed by atoms with Crippen molar-refractivity contribution in [2.24, 2.45) is 0 Å². The molecule has 2 heterocycles. The minimum atomic E-state index is -0.292. The van der Waals surface area contributed by atoms with E-state index < -0.39 is 0 Å². The van der Waals surface area contributed by atoms with Crippen LogP contribution in [-0.4, -0.2) is 14.5 Å². The van der Waals surface area contributed by atoms with Crippen molar-refractivity contribution in [2.75, 3.05) is 0 Å². The molecule has 0 spiro atoms. The average molecular weight is 588 g/mol. The molecule has 0 aliphatic heterocycles. The molecule has 46 heavy (non-hydrogen) atoms. The third-order valence-corrected chi connectivity index (χ3v) is 10.1. The Morgan fingerprint density at radius 3 is 1.65 bits per heavy atom. The minimum absolute atomic E-state index is 0.292. The van der Waals surface area contributed by atoms with Gasteiger partial charge in [-0.1, -0.05) is 123 Å². The first-order valence-corrected chi connectivity index (χ1v) is 15.9. The number of fused-ring (bicyclic) bond motifs is 9. The van der Waals surface area contributed by atoms with Crippen molar-refractivity contribution >= 4 is 54.1 Å². The van der Waals surface area contributed by atoms with Gasteiger partial charge in [-0.15, -0.1) is 0 Å². The van der Waals surface area contributed by atoms with Gasteiger partial charge in [0.2, 0.25) is 0 Å². The monoisotopic (exact) mass is 587 g/mol. The number of benzene rings is 7. The lowest BCUT2D eigenvalue weighted by Crippen LogP contribution is -2.19. The van der Waals surface area contributed by atoms with E-state index in [4.69, 9.17) is 9.97 Å². The predicted octanol–water partition coefficient (Wildman–Crippen LogP) is 11.0. The maximum atomic E-state index is 5.55. The van der Waals surface area contributed by atoms with Gasteiger partial charge < -0.3 is 0 Å². The van der Waals surface area contributed by atoms with Crippen LogP contribution in [0.5, 0.6) is 0 Å². The zero-order chi connectivity index (χ0) is 30.6. The fourth-order valence-corrected chi connectivity index (χ4v) is 7.82. The Labute approximate surface area is 266 Å².